The summed E-state index contributed by atoms with van der Waals surface area (Å²) < 4.78 is 33.9. The minimum Gasteiger partial charge on any atom is -0.468 e. The van der Waals surface area contributed by atoms with Gasteiger partial charge in [0, 0.05) is 36.9 Å². The van der Waals surface area contributed by atoms with E-state index in [1.807, 2.05) is 21.9 Å². The van der Waals surface area contributed by atoms with Gasteiger partial charge in [0.2, 0.25) is 5.91 Å². The molecule has 1 aliphatic heterocycles. The van der Waals surface area contributed by atoms with Gasteiger partial charge in [-0.1, -0.05) is 29.8 Å². The fourth-order valence-electron chi connectivity index (χ4n) is 3.80. The molecule has 178 valence electrons. The second-order valence-corrected chi connectivity index (χ2v) is 7.99. The zero-order chi connectivity index (χ0) is 24.0. The molecular formula is C23H26ClF2N3O4. The molecule has 33 heavy (non-hydrogen) atoms. The summed E-state index contributed by atoms with van der Waals surface area (Å²) in [5.41, 5.74) is 1.17. The molecule has 0 spiro atoms. The smallest absolute Gasteiger partial charge is 0.387 e. The van der Waals surface area contributed by atoms with Gasteiger partial charge in [0.25, 0.3) is 0 Å². The highest BCUT2D eigenvalue weighted by Crippen LogP contribution is 2.29. The van der Waals surface area contributed by atoms with Crippen LogP contribution in [-0.2, 0) is 14.3 Å². The summed E-state index contributed by atoms with van der Waals surface area (Å²) in [5, 5.41) is 3.28. The second-order valence-electron chi connectivity index (χ2n) is 7.59. The summed E-state index contributed by atoms with van der Waals surface area (Å²) in [5.74, 6) is -0.589. The van der Waals surface area contributed by atoms with Crippen molar-refractivity contribution in [3.05, 3.63) is 59.1 Å². The number of methoxy groups -OCH3 is 1. The van der Waals surface area contributed by atoms with Crippen molar-refractivity contribution >= 4 is 29.2 Å². The standard InChI is InChI=1S/C23H26ClF2N3O4/c1-15(21(30)27-16-7-9-17(10-8-16)33-23(25)26)28-11-13-29(14-12-28)20(22(31)32-2)18-5-3-4-6-19(18)24/h3-10,15,20,23H,11-14H2,1-2H3,(H,27,30). The Kier molecular flexibility index (Phi) is 8.60. The SMILES string of the molecule is COC(=O)C(c1ccccc1Cl)N1CCN(C(C)C(=O)Nc2ccc(OC(F)F)cc2)CC1. The quantitative estimate of drug-likeness (QED) is 0.578. The minimum atomic E-state index is -2.90. The molecule has 1 amide bonds. The van der Waals surface area contributed by atoms with Crippen LogP contribution in [0.1, 0.15) is 18.5 Å². The summed E-state index contributed by atoms with van der Waals surface area (Å²) >= 11 is 6.33. The molecule has 2 atom stereocenters. The lowest BCUT2D eigenvalue weighted by Crippen LogP contribution is -2.54. The van der Waals surface area contributed by atoms with Gasteiger partial charge in [-0.25, -0.2) is 4.79 Å². The van der Waals surface area contributed by atoms with E-state index in [-0.39, 0.29) is 17.6 Å². The largest absolute Gasteiger partial charge is 0.468 e. The first kappa shape index (κ1) is 24.9. The van der Waals surface area contributed by atoms with Crippen molar-refractivity contribution in [3.8, 4) is 5.75 Å². The fraction of sp³-hybridized carbons (Fsp3) is 0.391. The van der Waals surface area contributed by atoms with Crippen LogP contribution < -0.4 is 10.1 Å². The molecule has 0 aromatic heterocycles. The Morgan fingerprint density at radius 1 is 1.00 bits per heavy atom. The van der Waals surface area contributed by atoms with Gasteiger partial charge < -0.3 is 14.8 Å². The zero-order valence-electron chi connectivity index (χ0n) is 18.3. The molecule has 0 radical (unpaired) electrons. The number of hydrogen-bond donors (Lipinski definition) is 1. The van der Waals surface area contributed by atoms with Crippen molar-refractivity contribution in [2.75, 3.05) is 38.6 Å². The number of nitrogens with zero attached hydrogens (tertiary/aromatic N) is 2. The van der Waals surface area contributed by atoms with Crippen LogP contribution in [0.2, 0.25) is 5.02 Å². The van der Waals surface area contributed by atoms with Crippen LogP contribution in [0.25, 0.3) is 0 Å². The molecular weight excluding hydrogens is 456 g/mol. The molecule has 0 aliphatic carbocycles. The number of piperazine rings is 1. The number of halogens is 3. The van der Waals surface area contributed by atoms with Crippen LogP contribution in [0.3, 0.4) is 0 Å². The zero-order valence-corrected chi connectivity index (χ0v) is 19.1. The van der Waals surface area contributed by atoms with Gasteiger partial charge in [0.05, 0.1) is 13.2 Å². The Morgan fingerprint density at radius 3 is 2.18 bits per heavy atom. The number of carbonyl (C=O) groups excluding carboxylic acids is 2. The number of esters is 1. The maximum atomic E-state index is 12.7. The topological polar surface area (TPSA) is 71.1 Å². The third-order valence-corrected chi connectivity index (χ3v) is 5.96. The van der Waals surface area contributed by atoms with Crippen molar-refractivity contribution in [1.29, 1.82) is 0 Å². The van der Waals surface area contributed by atoms with Crippen molar-refractivity contribution in [2.24, 2.45) is 0 Å². The Hall–Kier alpha value is -2.75. The van der Waals surface area contributed by atoms with E-state index in [4.69, 9.17) is 16.3 Å². The lowest BCUT2D eigenvalue weighted by atomic mass is 10.0. The molecule has 0 bridgehead atoms. The molecule has 2 aromatic rings. The van der Waals surface area contributed by atoms with E-state index >= 15 is 0 Å². The van der Waals surface area contributed by atoms with Crippen molar-refractivity contribution < 1.29 is 27.8 Å². The molecule has 1 fully saturated rings. The third kappa shape index (κ3) is 6.40. The van der Waals surface area contributed by atoms with Gasteiger partial charge in [0.15, 0.2) is 0 Å². The Morgan fingerprint density at radius 2 is 1.61 bits per heavy atom. The molecule has 1 heterocycles. The summed E-state index contributed by atoms with van der Waals surface area (Å²) in [4.78, 5) is 29.2. The van der Waals surface area contributed by atoms with Crippen LogP contribution in [0, 0.1) is 0 Å². The highest BCUT2D eigenvalue weighted by Gasteiger charge is 2.34. The second kappa shape index (κ2) is 11.4. The van der Waals surface area contributed by atoms with Crippen molar-refractivity contribution in [2.45, 2.75) is 25.6 Å². The van der Waals surface area contributed by atoms with E-state index in [1.54, 1.807) is 19.1 Å². The van der Waals surface area contributed by atoms with Crippen molar-refractivity contribution in [3.63, 3.8) is 0 Å². The van der Waals surface area contributed by atoms with E-state index in [2.05, 4.69) is 10.1 Å². The minimum absolute atomic E-state index is 0.0193. The number of nitrogens with one attached hydrogen (secondary N) is 1. The first-order chi connectivity index (χ1) is 15.8. The highest BCUT2D eigenvalue weighted by molar-refractivity contribution is 6.31. The maximum Gasteiger partial charge on any atom is 0.387 e. The van der Waals surface area contributed by atoms with E-state index in [1.165, 1.54) is 31.4 Å². The van der Waals surface area contributed by atoms with Crippen LogP contribution in [0.5, 0.6) is 5.75 Å². The summed E-state index contributed by atoms with van der Waals surface area (Å²) in [6.07, 6.45) is 0. The fourth-order valence-corrected chi connectivity index (χ4v) is 4.04. The molecule has 0 saturated carbocycles. The van der Waals surface area contributed by atoms with E-state index in [0.29, 0.717) is 42.5 Å². The molecule has 2 aromatic carbocycles. The molecule has 1 aliphatic rings. The third-order valence-electron chi connectivity index (χ3n) is 5.61. The number of benzene rings is 2. The lowest BCUT2D eigenvalue weighted by Gasteiger charge is -2.40. The van der Waals surface area contributed by atoms with Gasteiger partial charge >= 0.3 is 12.6 Å². The molecule has 1 saturated heterocycles. The van der Waals surface area contributed by atoms with Crippen LogP contribution in [0.15, 0.2) is 48.5 Å². The van der Waals surface area contributed by atoms with Gasteiger partial charge in [-0.15, -0.1) is 0 Å². The first-order valence-corrected chi connectivity index (χ1v) is 10.8. The highest BCUT2D eigenvalue weighted by atomic mass is 35.5. The predicted molar refractivity (Wildman–Crippen MR) is 121 cm³/mol. The first-order valence-electron chi connectivity index (χ1n) is 10.5. The van der Waals surface area contributed by atoms with Gasteiger partial charge in [-0.05, 0) is 42.8 Å². The van der Waals surface area contributed by atoms with Crippen LogP contribution >= 0.6 is 11.6 Å². The van der Waals surface area contributed by atoms with Crippen molar-refractivity contribution in [1.82, 2.24) is 9.80 Å². The number of alkyl halides is 2. The normalized spacial score (nSPS) is 16.8. The predicted octanol–water partition coefficient (Wildman–Crippen LogP) is 3.80. The maximum absolute atomic E-state index is 12.7. The van der Waals surface area contributed by atoms with Gasteiger partial charge in [-0.3, -0.25) is 14.6 Å². The number of anilines is 1. The molecule has 10 heteroatoms. The average Bonchev–Trinajstić information content (AvgIpc) is 2.81. The Balaban J connectivity index is 1.59. The number of carbonyl (C=O) groups is 2. The Labute approximate surface area is 196 Å². The van der Waals surface area contributed by atoms with Gasteiger partial charge in [-0.2, -0.15) is 8.78 Å². The summed E-state index contributed by atoms with van der Waals surface area (Å²) in [7, 11) is 1.35. The molecule has 3 rings (SSSR count). The monoisotopic (exact) mass is 481 g/mol. The van der Waals surface area contributed by atoms with Gasteiger partial charge in [0.1, 0.15) is 11.8 Å². The summed E-state index contributed by atoms with van der Waals surface area (Å²) in [6.45, 7) is 1.11. The van der Waals surface area contributed by atoms with E-state index < -0.39 is 18.7 Å². The van der Waals surface area contributed by atoms with Crippen LogP contribution in [-0.4, -0.2) is 67.6 Å². The van der Waals surface area contributed by atoms with E-state index in [9.17, 15) is 18.4 Å². The molecule has 2 unspecified atom stereocenters. The van der Waals surface area contributed by atoms with E-state index in [0.717, 1.165) is 0 Å². The molecule has 1 N–H and O–H groups in total. The van der Waals surface area contributed by atoms with Crippen LogP contribution in [0.4, 0.5) is 14.5 Å². The number of hydrogen-bond acceptors (Lipinski definition) is 6. The number of rotatable bonds is 8. The molecule has 7 nitrogen and oxygen atoms in total. The number of ether oxygens (including phenoxy) is 2. The average molecular weight is 482 g/mol. The lowest BCUT2D eigenvalue weighted by molar-refractivity contribution is -0.148. The number of amides is 1. The summed E-state index contributed by atoms with van der Waals surface area (Å²) in [6, 6.07) is 11.9. The Bertz CT molecular complexity index is 953.